The second-order valence-electron chi connectivity index (χ2n) is 31.6. The molecule has 0 bridgehead atoms. The van der Waals surface area contributed by atoms with Gasteiger partial charge in [-0.2, -0.15) is 0 Å². The molecule has 0 aromatic carbocycles. The van der Waals surface area contributed by atoms with E-state index in [4.69, 9.17) is 37.0 Å². The van der Waals surface area contributed by atoms with Gasteiger partial charge < -0.3 is 33.8 Å². The summed E-state index contributed by atoms with van der Waals surface area (Å²) in [6.07, 6.45) is 63.8. The normalized spacial score (nSPS) is 13.9. The van der Waals surface area contributed by atoms with Gasteiger partial charge in [-0.15, -0.1) is 0 Å². The lowest BCUT2D eigenvalue weighted by molar-refractivity contribution is -0.161. The molecule has 612 valence electrons. The summed E-state index contributed by atoms with van der Waals surface area (Å²) in [6, 6.07) is 0. The molecule has 5 atom stereocenters. The average Bonchev–Trinajstić information content (AvgIpc) is 0.906. The summed E-state index contributed by atoms with van der Waals surface area (Å²) >= 11 is 0. The first-order valence-corrected chi connectivity index (χ1v) is 46.3. The van der Waals surface area contributed by atoms with Crippen molar-refractivity contribution in [2.75, 3.05) is 39.6 Å². The Bertz CT molecular complexity index is 1990. The molecule has 0 heterocycles. The van der Waals surface area contributed by atoms with Gasteiger partial charge >= 0.3 is 39.5 Å². The summed E-state index contributed by atoms with van der Waals surface area (Å²) in [7, 11) is -9.93. The van der Waals surface area contributed by atoms with Crippen molar-refractivity contribution in [2.24, 2.45) is 17.8 Å². The minimum atomic E-state index is -4.97. The number of hydrogen-bond acceptors (Lipinski definition) is 15. The zero-order valence-electron chi connectivity index (χ0n) is 67.8. The number of carbonyl (C=O) groups excluding carboxylic acids is 4. The number of aliphatic hydroxyl groups excluding tert-OH is 1. The van der Waals surface area contributed by atoms with Crippen LogP contribution in [0.3, 0.4) is 0 Å². The quantitative estimate of drug-likeness (QED) is 0.0222. The van der Waals surface area contributed by atoms with Crippen LogP contribution in [0.4, 0.5) is 0 Å². The van der Waals surface area contributed by atoms with Gasteiger partial charge in [-0.05, 0) is 43.4 Å². The number of aliphatic hydroxyl groups is 1. The molecule has 0 fully saturated rings. The highest BCUT2D eigenvalue weighted by atomic mass is 31.2. The van der Waals surface area contributed by atoms with Crippen molar-refractivity contribution >= 4 is 39.5 Å². The van der Waals surface area contributed by atoms with Gasteiger partial charge in [0.1, 0.15) is 19.3 Å². The van der Waals surface area contributed by atoms with Crippen LogP contribution >= 0.6 is 15.6 Å². The SMILES string of the molecule is CCCCCCCCCCCCCCCCC(=O)O[C@H](COC(=O)CCCCCCCCCCCC(C)C)COP(=O)(O)OC[C@H](O)COP(=O)(O)OC[C@@H](COC(=O)CCCCCCCCCCCCCCCCCC(C)C)OC(=O)CCCCCCCCCCCCCCCCCCC(C)C. The maximum absolute atomic E-state index is 13.1. The number of hydrogen-bond donors (Lipinski definition) is 3. The van der Waals surface area contributed by atoms with Gasteiger partial charge in [-0.1, -0.05) is 389 Å². The van der Waals surface area contributed by atoms with Crippen molar-refractivity contribution in [3.8, 4) is 0 Å². The molecule has 0 aromatic heterocycles. The van der Waals surface area contributed by atoms with Crippen LogP contribution in [0.2, 0.25) is 0 Å². The van der Waals surface area contributed by atoms with Crippen molar-refractivity contribution in [3.05, 3.63) is 0 Å². The lowest BCUT2D eigenvalue weighted by atomic mass is 10.0. The molecule has 0 aliphatic heterocycles. The van der Waals surface area contributed by atoms with Crippen LogP contribution in [-0.4, -0.2) is 96.7 Å². The van der Waals surface area contributed by atoms with Gasteiger partial charge in [0.15, 0.2) is 12.2 Å². The lowest BCUT2D eigenvalue weighted by Gasteiger charge is -2.21. The van der Waals surface area contributed by atoms with Gasteiger partial charge in [-0.25, -0.2) is 9.13 Å². The highest BCUT2D eigenvalue weighted by Gasteiger charge is 2.30. The average molecular weight is 1510 g/mol. The Kier molecular flexibility index (Phi) is 72.8. The van der Waals surface area contributed by atoms with Crippen molar-refractivity contribution < 1.29 is 80.2 Å². The van der Waals surface area contributed by atoms with Gasteiger partial charge in [-0.3, -0.25) is 37.3 Å². The Morgan fingerprint density at radius 3 is 0.660 bits per heavy atom. The van der Waals surface area contributed by atoms with E-state index >= 15 is 0 Å². The predicted octanol–water partition coefficient (Wildman–Crippen LogP) is 25.3. The highest BCUT2D eigenvalue weighted by molar-refractivity contribution is 7.47. The molecule has 103 heavy (non-hydrogen) atoms. The van der Waals surface area contributed by atoms with Crippen molar-refractivity contribution in [2.45, 2.75) is 458 Å². The molecule has 0 amide bonds. The minimum absolute atomic E-state index is 0.108. The third-order valence-corrected chi connectivity index (χ3v) is 21.5. The van der Waals surface area contributed by atoms with E-state index < -0.39 is 97.5 Å². The predicted molar refractivity (Wildman–Crippen MR) is 423 cm³/mol. The second kappa shape index (κ2) is 74.2. The number of unbranched alkanes of at least 4 members (excludes halogenated alkanes) is 50. The summed E-state index contributed by atoms with van der Waals surface area (Å²) in [5.41, 5.74) is 0. The lowest BCUT2D eigenvalue weighted by Crippen LogP contribution is -2.30. The number of ether oxygens (including phenoxy) is 4. The summed E-state index contributed by atoms with van der Waals surface area (Å²) in [4.78, 5) is 73.2. The van der Waals surface area contributed by atoms with E-state index in [9.17, 15) is 43.2 Å². The molecule has 0 aromatic rings. The van der Waals surface area contributed by atoms with E-state index in [1.54, 1.807) is 0 Å². The fourth-order valence-electron chi connectivity index (χ4n) is 13.0. The monoisotopic (exact) mass is 1510 g/mol. The molecule has 17 nitrogen and oxygen atoms in total. The number of phosphoric acid groups is 2. The summed E-state index contributed by atoms with van der Waals surface area (Å²) in [6.45, 7) is 12.0. The molecule has 0 aliphatic carbocycles. The van der Waals surface area contributed by atoms with E-state index in [1.165, 1.54) is 250 Å². The van der Waals surface area contributed by atoms with E-state index in [0.717, 1.165) is 108 Å². The molecule has 0 rings (SSSR count). The highest BCUT2D eigenvalue weighted by Crippen LogP contribution is 2.45. The van der Waals surface area contributed by atoms with Crippen LogP contribution < -0.4 is 0 Å². The fraction of sp³-hybridized carbons (Fsp3) is 0.952. The second-order valence-corrected chi connectivity index (χ2v) is 34.6. The zero-order valence-corrected chi connectivity index (χ0v) is 69.6. The Morgan fingerprint density at radius 1 is 0.262 bits per heavy atom. The van der Waals surface area contributed by atoms with Crippen LogP contribution in [0.15, 0.2) is 0 Å². The van der Waals surface area contributed by atoms with Crippen molar-refractivity contribution in [3.63, 3.8) is 0 Å². The van der Waals surface area contributed by atoms with Gasteiger partial charge in [0.25, 0.3) is 0 Å². The van der Waals surface area contributed by atoms with E-state index in [2.05, 4.69) is 48.5 Å². The summed E-state index contributed by atoms with van der Waals surface area (Å²) in [5, 5.41) is 10.7. The molecule has 2 unspecified atom stereocenters. The summed E-state index contributed by atoms with van der Waals surface area (Å²) in [5.74, 6) is 0.254. The molecule has 19 heteroatoms. The van der Waals surface area contributed by atoms with E-state index in [-0.39, 0.29) is 25.7 Å². The standard InChI is InChI=1S/C84H164O17P2/c1-8-9-10-11-12-13-14-15-25-31-38-46-53-60-67-83(88)101-80(72-95-82(87)66-59-52-45-40-33-36-43-50-57-64-77(6)7)74-99-103(92,93)97-70-78(85)69-96-102(90,91)98-73-79(71-94-81(86)65-58-51-44-37-30-26-22-18-20-24-29-35-42-49-56-63-76(4)5)100-84(89)68-61-54-47-39-32-27-21-17-16-19-23-28-34-41-48-55-62-75(2)3/h75-80,85H,8-74H2,1-7H3,(H,90,91)(H,92,93)/t78-,79-,80-/m1/s1. The van der Waals surface area contributed by atoms with Gasteiger partial charge in [0.2, 0.25) is 0 Å². The van der Waals surface area contributed by atoms with Gasteiger partial charge in [0, 0.05) is 25.7 Å². The molecule has 0 saturated carbocycles. The molecule has 0 spiro atoms. The van der Waals surface area contributed by atoms with Crippen LogP contribution in [0.25, 0.3) is 0 Å². The zero-order chi connectivity index (χ0) is 75.8. The fourth-order valence-corrected chi connectivity index (χ4v) is 14.6. The van der Waals surface area contributed by atoms with Crippen LogP contribution in [-0.2, 0) is 65.4 Å². The van der Waals surface area contributed by atoms with E-state index in [0.29, 0.717) is 25.7 Å². The molecule has 0 aliphatic rings. The third-order valence-electron chi connectivity index (χ3n) is 19.6. The Hall–Kier alpha value is -1.94. The number of rotatable bonds is 82. The largest absolute Gasteiger partial charge is 0.472 e. The maximum Gasteiger partial charge on any atom is 0.472 e. The topological polar surface area (TPSA) is 237 Å². The Balaban J connectivity index is 5.26. The van der Waals surface area contributed by atoms with Crippen LogP contribution in [0, 0.1) is 17.8 Å². The van der Waals surface area contributed by atoms with Crippen LogP contribution in [0.5, 0.6) is 0 Å². The first-order valence-electron chi connectivity index (χ1n) is 43.3. The maximum atomic E-state index is 13.1. The number of phosphoric ester groups is 2. The van der Waals surface area contributed by atoms with Crippen LogP contribution in [0.1, 0.15) is 440 Å². The smallest absolute Gasteiger partial charge is 0.462 e. The van der Waals surface area contributed by atoms with Crippen molar-refractivity contribution in [1.82, 2.24) is 0 Å². The number of esters is 4. The molecular weight excluding hydrogens is 1340 g/mol. The van der Waals surface area contributed by atoms with Crippen molar-refractivity contribution in [1.29, 1.82) is 0 Å². The third kappa shape index (κ3) is 78.0. The molecule has 0 radical (unpaired) electrons. The minimum Gasteiger partial charge on any atom is -0.462 e. The first kappa shape index (κ1) is 101. The Morgan fingerprint density at radius 2 is 0.447 bits per heavy atom. The van der Waals surface area contributed by atoms with Gasteiger partial charge in [0.05, 0.1) is 26.4 Å². The first-order chi connectivity index (χ1) is 49.7. The molecule has 0 saturated heterocycles. The Labute approximate surface area is 632 Å². The number of carbonyl (C=O) groups is 4. The summed E-state index contributed by atoms with van der Waals surface area (Å²) < 4.78 is 68.8. The van der Waals surface area contributed by atoms with E-state index in [1.807, 2.05) is 0 Å². The molecule has 3 N–H and O–H groups in total. The molecular formula is C84H164O17P2.